The van der Waals surface area contributed by atoms with Gasteiger partial charge in [0.1, 0.15) is 24.4 Å². The minimum atomic E-state index is -5.08. The lowest BCUT2D eigenvalue weighted by molar-refractivity contribution is -0.298. The topological polar surface area (TPSA) is 192 Å². The van der Waals surface area contributed by atoms with Crippen molar-refractivity contribution in [3.63, 3.8) is 0 Å². The lowest BCUT2D eigenvalue weighted by atomic mass is 9.99. The van der Waals surface area contributed by atoms with E-state index in [-0.39, 0.29) is 18.9 Å². The third-order valence-electron chi connectivity index (χ3n) is 13.6. The van der Waals surface area contributed by atoms with Gasteiger partial charge in [-0.3, -0.25) is 9.35 Å². The van der Waals surface area contributed by atoms with Crippen LogP contribution in [0.5, 0.6) is 0 Å². The van der Waals surface area contributed by atoms with Crippen molar-refractivity contribution in [2.75, 3.05) is 13.2 Å². The van der Waals surface area contributed by atoms with E-state index in [2.05, 4.69) is 23.3 Å². The number of carbonyl (C=O) groups excluding carboxylic acids is 1. The largest absolute Gasteiger partial charge is 0.397 e. The molecule has 0 saturated carbocycles. The lowest BCUT2D eigenvalue weighted by Crippen LogP contribution is -2.61. The van der Waals surface area contributed by atoms with Gasteiger partial charge in [0.2, 0.25) is 5.91 Å². The van der Waals surface area contributed by atoms with E-state index >= 15 is 0 Å². The second-order valence-electron chi connectivity index (χ2n) is 19.9. The predicted octanol–water partition coefficient (Wildman–Crippen LogP) is 12.7. The van der Waals surface area contributed by atoms with Crippen LogP contribution in [0.4, 0.5) is 0 Å². The van der Waals surface area contributed by atoms with Crippen molar-refractivity contribution in [2.45, 2.75) is 314 Å². The summed E-state index contributed by atoms with van der Waals surface area (Å²) in [7, 11) is -5.08. The van der Waals surface area contributed by atoms with Crippen LogP contribution < -0.4 is 5.32 Å². The first-order valence-electron chi connectivity index (χ1n) is 28.1. The Kier molecular flexibility index (Phi) is 42.7. The average molecular weight is 976 g/mol. The number of amides is 1. The van der Waals surface area contributed by atoms with Gasteiger partial charge < -0.3 is 35.2 Å². The number of aliphatic hydroxyl groups is 4. The molecule has 0 aromatic carbocycles. The quantitative estimate of drug-likeness (QED) is 0.0193. The molecule has 1 amide bonds. The highest BCUT2D eigenvalue weighted by molar-refractivity contribution is 7.80. The van der Waals surface area contributed by atoms with Crippen molar-refractivity contribution >= 4 is 16.3 Å². The monoisotopic (exact) mass is 976 g/mol. The number of rotatable bonds is 49. The summed E-state index contributed by atoms with van der Waals surface area (Å²) in [5, 5.41) is 44.9. The summed E-state index contributed by atoms with van der Waals surface area (Å²) >= 11 is 0. The van der Waals surface area contributed by atoms with Crippen LogP contribution in [0.2, 0.25) is 0 Å². The van der Waals surface area contributed by atoms with Crippen molar-refractivity contribution in [1.29, 1.82) is 0 Å². The second kappa shape index (κ2) is 44.8. The Hall–Kier alpha value is -1.16. The molecule has 12 nitrogen and oxygen atoms in total. The molecule has 67 heavy (non-hydrogen) atoms. The number of carbonyl (C=O) groups is 1. The zero-order valence-corrected chi connectivity index (χ0v) is 43.8. The van der Waals surface area contributed by atoms with E-state index in [0.29, 0.717) is 6.42 Å². The van der Waals surface area contributed by atoms with Crippen LogP contribution in [0, 0.1) is 0 Å². The van der Waals surface area contributed by atoms with Gasteiger partial charge >= 0.3 is 10.4 Å². The highest BCUT2D eigenvalue weighted by atomic mass is 32.3. The van der Waals surface area contributed by atoms with Gasteiger partial charge in [-0.1, -0.05) is 257 Å². The van der Waals surface area contributed by atoms with Crippen LogP contribution in [0.25, 0.3) is 0 Å². The fourth-order valence-electron chi connectivity index (χ4n) is 9.22. The van der Waals surface area contributed by atoms with Gasteiger partial charge in [-0.25, -0.2) is 4.18 Å². The summed E-state index contributed by atoms with van der Waals surface area (Å²) in [5.74, 6) is -0.257. The summed E-state index contributed by atoms with van der Waals surface area (Å²) < 4.78 is 47.8. The molecule has 7 unspecified atom stereocenters. The van der Waals surface area contributed by atoms with Crippen molar-refractivity contribution in [3.8, 4) is 0 Å². The number of aliphatic hydroxyl groups excluding tert-OH is 4. The minimum absolute atomic E-state index is 0.257. The third kappa shape index (κ3) is 37.3. The normalized spacial score (nSPS) is 19.9. The van der Waals surface area contributed by atoms with Gasteiger partial charge in [0.25, 0.3) is 0 Å². The Labute approximate surface area is 410 Å². The highest BCUT2D eigenvalue weighted by Crippen LogP contribution is 2.26. The van der Waals surface area contributed by atoms with E-state index in [1.165, 1.54) is 205 Å². The van der Waals surface area contributed by atoms with Gasteiger partial charge in [0, 0.05) is 6.42 Å². The molecule has 7 atom stereocenters. The van der Waals surface area contributed by atoms with E-state index in [1.54, 1.807) is 6.08 Å². The molecule has 6 N–H and O–H groups in total. The Balaban J connectivity index is 2.34. The lowest BCUT2D eigenvalue weighted by Gasteiger charge is -2.41. The first-order chi connectivity index (χ1) is 32.5. The molecule has 0 spiro atoms. The van der Waals surface area contributed by atoms with Crippen LogP contribution in [-0.2, 0) is 28.9 Å². The molecule has 1 saturated heterocycles. The Morgan fingerprint density at radius 1 is 0.582 bits per heavy atom. The SMILES string of the molecule is CCCCCCCCCCCCCCC/C=C/C(O)C(COC1OC(CO)C(O)C(OS(=O)(=O)O)C1O)NC(=O)CCCCCCCCCCCCCCCCCCCCCCCCCCC. The summed E-state index contributed by atoms with van der Waals surface area (Å²) in [6.45, 7) is 3.43. The molecule has 13 heteroatoms. The molecule has 398 valence electrons. The molecule has 1 heterocycles. The van der Waals surface area contributed by atoms with Crippen LogP contribution >= 0.6 is 0 Å². The maximum Gasteiger partial charge on any atom is 0.397 e. The smallest absolute Gasteiger partial charge is 0.394 e. The van der Waals surface area contributed by atoms with Gasteiger partial charge in [-0.05, 0) is 19.3 Å². The maximum atomic E-state index is 13.1. The summed E-state index contributed by atoms with van der Waals surface area (Å²) in [6.07, 6.45) is 44.0. The average Bonchev–Trinajstić information content (AvgIpc) is 3.30. The van der Waals surface area contributed by atoms with E-state index in [0.717, 1.165) is 38.5 Å². The summed E-state index contributed by atoms with van der Waals surface area (Å²) in [6, 6.07) is -0.939. The van der Waals surface area contributed by atoms with Crippen LogP contribution in [0.3, 0.4) is 0 Å². The Morgan fingerprint density at radius 2 is 0.940 bits per heavy atom. The fourth-order valence-corrected chi connectivity index (χ4v) is 9.73. The summed E-state index contributed by atoms with van der Waals surface area (Å²) in [5.41, 5.74) is 0. The number of unbranched alkanes of at least 4 members (excludes halogenated alkanes) is 37. The van der Waals surface area contributed by atoms with Gasteiger partial charge in [-0.2, -0.15) is 8.42 Å². The first kappa shape index (κ1) is 63.9. The van der Waals surface area contributed by atoms with Crippen LogP contribution in [0.1, 0.15) is 271 Å². The van der Waals surface area contributed by atoms with Gasteiger partial charge in [0.15, 0.2) is 6.29 Å². The molecule has 0 aliphatic carbocycles. The molecule has 1 aliphatic rings. The van der Waals surface area contributed by atoms with E-state index < -0.39 is 59.9 Å². The number of hydrogen-bond acceptors (Lipinski definition) is 10. The van der Waals surface area contributed by atoms with Crippen molar-refractivity contribution in [2.24, 2.45) is 0 Å². The van der Waals surface area contributed by atoms with Crippen molar-refractivity contribution in [3.05, 3.63) is 12.2 Å². The van der Waals surface area contributed by atoms with Gasteiger partial charge in [-0.15, -0.1) is 0 Å². The van der Waals surface area contributed by atoms with Crippen molar-refractivity contribution in [1.82, 2.24) is 5.32 Å². The molecule has 0 aromatic heterocycles. The fraction of sp³-hybridized carbons (Fsp3) is 0.944. The molecule has 1 rings (SSSR count). The number of nitrogens with one attached hydrogen (secondary N) is 1. The standard InChI is InChI=1S/C54H105NO11S/c1-3-5-7-9-11-13-15-17-19-20-21-22-23-24-25-26-27-28-30-32-34-36-38-40-42-44-50(58)55-47(46-64-54-52(60)53(66-67(61,62)63)51(59)49(45-56)65-54)48(57)43-41-39-37-35-33-31-29-18-16-14-12-10-8-6-4-2/h41,43,47-49,51-54,56-57,59-60H,3-40,42,44-46H2,1-2H3,(H,55,58)(H,61,62,63)/b43-41+. The molecule has 1 aliphatic heterocycles. The molecule has 0 bridgehead atoms. The first-order valence-corrected chi connectivity index (χ1v) is 29.4. The van der Waals surface area contributed by atoms with Gasteiger partial charge in [0.05, 0.1) is 25.4 Å². The zero-order chi connectivity index (χ0) is 49.1. The zero-order valence-electron chi connectivity index (χ0n) is 43.0. The van der Waals surface area contributed by atoms with E-state index in [4.69, 9.17) is 9.47 Å². The number of hydrogen-bond donors (Lipinski definition) is 6. The Morgan fingerprint density at radius 3 is 1.30 bits per heavy atom. The van der Waals surface area contributed by atoms with Crippen LogP contribution in [0.15, 0.2) is 12.2 Å². The predicted molar refractivity (Wildman–Crippen MR) is 273 cm³/mol. The van der Waals surface area contributed by atoms with E-state index in [1.807, 2.05) is 6.08 Å². The maximum absolute atomic E-state index is 13.1. The second-order valence-corrected chi connectivity index (χ2v) is 20.9. The Bertz CT molecular complexity index is 1240. The summed E-state index contributed by atoms with van der Waals surface area (Å²) in [4.78, 5) is 13.1. The van der Waals surface area contributed by atoms with Crippen molar-refractivity contribution < 1.29 is 51.8 Å². The minimum Gasteiger partial charge on any atom is -0.394 e. The van der Waals surface area contributed by atoms with Crippen LogP contribution in [-0.4, -0.2) is 95.4 Å². The molecule has 1 fully saturated rings. The number of ether oxygens (including phenoxy) is 2. The highest BCUT2D eigenvalue weighted by Gasteiger charge is 2.48. The molecule has 0 radical (unpaired) electrons. The van der Waals surface area contributed by atoms with E-state index in [9.17, 15) is 38.2 Å². The molecule has 0 aromatic rings. The molecular weight excluding hydrogens is 871 g/mol. The molecular formula is C54H105NO11S. The third-order valence-corrected chi connectivity index (χ3v) is 14.0. The number of allylic oxidation sites excluding steroid dienone is 1.